The molecule has 0 radical (unpaired) electrons. The Morgan fingerprint density at radius 2 is 1.81 bits per heavy atom. The van der Waals surface area contributed by atoms with E-state index in [1.54, 1.807) is 0 Å². The molecule has 162 valence electrons. The lowest BCUT2D eigenvalue weighted by Crippen LogP contribution is -2.17. The fraction of sp³-hybridized carbons (Fsp3) is 0.0526. The molecular formula is C19H13ClF3N3O4S. The second kappa shape index (κ2) is 8.44. The van der Waals surface area contributed by atoms with Crippen LogP contribution in [0.2, 0.25) is 5.02 Å². The van der Waals surface area contributed by atoms with Gasteiger partial charge in [0.2, 0.25) is 0 Å². The van der Waals surface area contributed by atoms with Crippen LogP contribution in [0.1, 0.15) is 21.5 Å². The van der Waals surface area contributed by atoms with Gasteiger partial charge < -0.3 is 5.11 Å². The second-order valence-corrected chi connectivity index (χ2v) is 8.42. The van der Waals surface area contributed by atoms with E-state index in [2.05, 4.69) is 10.5 Å². The highest BCUT2D eigenvalue weighted by Crippen LogP contribution is 2.30. The van der Waals surface area contributed by atoms with Crippen molar-refractivity contribution in [3.8, 4) is 5.75 Å². The first-order chi connectivity index (χ1) is 14.5. The fourth-order valence-electron chi connectivity index (χ4n) is 2.43. The van der Waals surface area contributed by atoms with Crippen LogP contribution in [0.4, 0.5) is 13.2 Å². The van der Waals surface area contributed by atoms with Gasteiger partial charge in [0, 0.05) is 23.5 Å². The Balaban J connectivity index is 1.71. The number of nitrogens with one attached hydrogen (secondary N) is 1. The molecule has 0 fully saturated rings. The maximum atomic E-state index is 12.6. The average Bonchev–Trinajstić information content (AvgIpc) is 3.19. The van der Waals surface area contributed by atoms with Crippen molar-refractivity contribution in [1.29, 1.82) is 0 Å². The summed E-state index contributed by atoms with van der Waals surface area (Å²) in [6.45, 7) is 0. The summed E-state index contributed by atoms with van der Waals surface area (Å²) in [6.07, 6.45) is -1.02. The number of carbonyl (C=O) groups is 1. The number of nitrogens with zero attached hydrogens (tertiary/aromatic N) is 2. The van der Waals surface area contributed by atoms with Crippen molar-refractivity contribution in [3.05, 3.63) is 82.6 Å². The standard InChI is InChI=1S/C19H13ClF3N3O4S/c20-16-9-13(1-6-17(16)27)18(28)25-24-10-12-7-8-26(11-12)31(29,30)15-4-2-14(3-5-15)19(21,22)23/h1-11,27H,(H,25,28). The normalized spacial score (nSPS) is 12.3. The number of aromatic hydroxyl groups is 1. The molecule has 2 N–H and O–H groups in total. The summed E-state index contributed by atoms with van der Waals surface area (Å²) in [6, 6.07) is 8.31. The Kier molecular flexibility index (Phi) is 6.09. The Labute approximate surface area is 179 Å². The van der Waals surface area contributed by atoms with E-state index in [-0.39, 0.29) is 21.2 Å². The molecule has 0 saturated carbocycles. The number of phenolic OH excluding ortho intramolecular Hbond substituents is 1. The molecule has 0 saturated heterocycles. The van der Waals surface area contributed by atoms with Gasteiger partial charge in [-0.3, -0.25) is 4.79 Å². The third-order valence-electron chi connectivity index (χ3n) is 4.04. The predicted octanol–water partition coefficient (Wildman–Crippen LogP) is 3.87. The van der Waals surface area contributed by atoms with E-state index >= 15 is 0 Å². The van der Waals surface area contributed by atoms with Gasteiger partial charge in [0.25, 0.3) is 15.9 Å². The molecule has 0 aliphatic heterocycles. The van der Waals surface area contributed by atoms with Crippen LogP contribution in [0.5, 0.6) is 5.75 Å². The van der Waals surface area contributed by atoms with Gasteiger partial charge in [-0.15, -0.1) is 0 Å². The van der Waals surface area contributed by atoms with Gasteiger partial charge in [0.05, 0.1) is 21.7 Å². The highest BCUT2D eigenvalue weighted by Gasteiger charge is 2.30. The Hall–Kier alpha value is -3.31. The Morgan fingerprint density at radius 1 is 1.13 bits per heavy atom. The monoisotopic (exact) mass is 471 g/mol. The van der Waals surface area contributed by atoms with Crippen molar-refractivity contribution in [3.63, 3.8) is 0 Å². The van der Waals surface area contributed by atoms with Crippen LogP contribution in [0.15, 0.2) is 70.9 Å². The minimum atomic E-state index is -4.57. The van der Waals surface area contributed by atoms with Crippen molar-refractivity contribution >= 4 is 33.7 Å². The number of halogens is 4. The number of benzene rings is 2. The maximum Gasteiger partial charge on any atom is 0.416 e. The number of rotatable bonds is 5. The molecule has 2 aromatic carbocycles. The van der Waals surface area contributed by atoms with Crippen LogP contribution in [0, 0.1) is 0 Å². The van der Waals surface area contributed by atoms with E-state index in [0.717, 1.165) is 16.1 Å². The molecule has 0 aliphatic carbocycles. The van der Waals surface area contributed by atoms with Crippen LogP contribution < -0.4 is 5.43 Å². The molecule has 3 aromatic rings. The van der Waals surface area contributed by atoms with Crippen molar-refractivity contribution in [2.75, 3.05) is 0 Å². The molecule has 3 rings (SSSR count). The largest absolute Gasteiger partial charge is 0.506 e. The van der Waals surface area contributed by atoms with Crippen LogP contribution in [-0.4, -0.2) is 29.6 Å². The molecular weight excluding hydrogens is 459 g/mol. The van der Waals surface area contributed by atoms with E-state index in [0.29, 0.717) is 17.7 Å². The van der Waals surface area contributed by atoms with Gasteiger partial charge in [-0.05, 0) is 48.5 Å². The summed E-state index contributed by atoms with van der Waals surface area (Å²) in [5, 5.41) is 13.1. The lowest BCUT2D eigenvalue weighted by atomic mass is 10.2. The van der Waals surface area contributed by atoms with E-state index < -0.39 is 27.7 Å². The van der Waals surface area contributed by atoms with Crippen LogP contribution in [0.25, 0.3) is 0 Å². The first-order valence-electron chi connectivity index (χ1n) is 8.41. The van der Waals surface area contributed by atoms with Crippen molar-refractivity contribution in [2.45, 2.75) is 11.1 Å². The fourth-order valence-corrected chi connectivity index (χ4v) is 3.82. The van der Waals surface area contributed by atoms with Gasteiger partial charge in [-0.1, -0.05) is 11.6 Å². The van der Waals surface area contributed by atoms with Crippen molar-refractivity contribution < 1.29 is 31.5 Å². The highest BCUT2D eigenvalue weighted by atomic mass is 35.5. The lowest BCUT2D eigenvalue weighted by molar-refractivity contribution is -0.137. The number of hydrogen-bond acceptors (Lipinski definition) is 5. The summed E-state index contributed by atoms with van der Waals surface area (Å²) < 4.78 is 63.9. The van der Waals surface area contributed by atoms with Crippen LogP contribution in [0.3, 0.4) is 0 Å². The van der Waals surface area contributed by atoms with Gasteiger partial charge >= 0.3 is 6.18 Å². The van der Waals surface area contributed by atoms with Gasteiger partial charge in [-0.2, -0.15) is 18.3 Å². The zero-order chi connectivity index (χ0) is 22.8. The first kappa shape index (κ1) is 22.4. The smallest absolute Gasteiger partial charge is 0.416 e. The average molecular weight is 472 g/mol. The highest BCUT2D eigenvalue weighted by molar-refractivity contribution is 7.90. The van der Waals surface area contributed by atoms with Gasteiger partial charge in [-0.25, -0.2) is 17.8 Å². The SMILES string of the molecule is O=C(NN=Cc1ccn(S(=O)(=O)c2ccc(C(F)(F)F)cc2)c1)c1ccc(O)c(Cl)c1. The number of alkyl halides is 3. The summed E-state index contributed by atoms with van der Waals surface area (Å²) in [4.78, 5) is 11.7. The number of hydrazone groups is 1. The quantitative estimate of drug-likeness (QED) is 0.436. The van der Waals surface area contributed by atoms with E-state index in [1.807, 2.05) is 0 Å². The van der Waals surface area contributed by atoms with Gasteiger partial charge in [0.1, 0.15) is 5.75 Å². The first-order valence-corrected chi connectivity index (χ1v) is 10.2. The van der Waals surface area contributed by atoms with E-state index in [9.17, 15) is 31.5 Å². The number of amides is 1. The van der Waals surface area contributed by atoms with Crippen LogP contribution >= 0.6 is 11.6 Å². The predicted molar refractivity (Wildman–Crippen MR) is 107 cm³/mol. The topological polar surface area (TPSA) is 101 Å². The number of hydrogen-bond donors (Lipinski definition) is 2. The summed E-state index contributed by atoms with van der Waals surface area (Å²) >= 11 is 5.73. The molecule has 1 heterocycles. The van der Waals surface area contributed by atoms with E-state index in [1.165, 1.54) is 42.9 Å². The Morgan fingerprint density at radius 3 is 2.42 bits per heavy atom. The van der Waals surface area contributed by atoms with Crippen LogP contribution in [-0.2, 0) is 16.2 Å². The molecule has 1 amide bonds. The number of aromatic nitrogens is 1. The molecule has 0 unspecified atom stereocenters. The molecule has 0 atom stereocenters. The molecule has 7 nitrogen and oxygen atoms in total. The third-order valence-corrected chi connectivity index (χ3v) is 5.99. The zero-order valence-corrected chi connectivity index (χ0v) is 16.9. The Bertz CT molecular complexity index is 1250. The molecule has 0 aliphatic rings. The molecule has 0 bridgehead atoms. The second-order valence-electron chi connectivity index (χ2n) is 6.17. The third kappa shape index (κ3) is 5.06. The molecule has 31 heavy (non-hydrogen) atoms. The molecule has 12 heteroatoms. The maximum absolute atomic E-state index is 12.6. The van der Waals surface area contributed by atoms with Gasteiger partial charge in [0.15, 0.2) is 0 Å². The summed E-state index contributed by atoms with van der Waals surface area (Å²) in [5.41, 5.74) is 1.70. The van der Waals surface area contributed by atoms with Crippen molar-refractivity contribution in [1.82, 2.24) is 9.40 Å². The lowest BCUT2D eigenvalue weighted by Gasteiger charge is -2.09. The number of phenols is 1. The van der Waals surface area contributed by atoms with E-state index in [4.69, 9.17) is 11.6 Å². The minimum Gasteiger partial charge on any atom is -0.506 e. The summed E-state index contributed by atoms with van der Waals surface area (Å²) in [5.74, 6) is -0.799. The summed E-state index contributed by atoms with van der Waals surface area (Å²) in [7, 11) is -4.11. The minimum absolute atomic E-state index is 0.0119. The zero-order valence-electron chi connectivity index (χ0n) is 15.3. The van der Waals surface area contributed by atoms with Crippen molar-refractivity contribution in [2.24, 2.45) is 5.10 Å². The molecule has 0 spiro atoms. The number of carbonyl (C=O) groups excluding carboxylic acids is 1. The molecule has 1 aromatic heterocycles.